The molecular formula is C21H24N6O. The SMILES string of the molecule is N#Cc1cc2nc(n1)NCCCCC1CCCN(C1)c1ccccc1C(=O)N2. The largest absolute Gasteiger partial charge is 0.371 e. The number of nitrogens with zero attached hydrogens (tertiary/aromatic N) is 4. The van der Waals surface area contributed by atoms with E-state index in [0.717, 1.165) is 44.6 Å². The number of hydrogen-bond acceptors (Lipinski definition) is 6. The summed E-state index contributed by atoms with van der Waals surface area (Å²) >= 11 is 0. The Bertz CT molecular complexity index is 906. The summed E-state index contributed by atoms with van der Waals surface area (Å²) in [4.78, 5) is 23.9. The lowest BCUT2D eigenvalue weighted by atomic mass is 9.92. The molecule has 144 valence electrons. The quantitative estimate of drug-likeness (QED) is 0.732. The smallest absolute Gasteiger partial charge is 0.258 e. The average molecular weight is 376 g/mol. The Labute approximate surface area is 164 Å². The first-order chi connectivity index (χ1) is 13.7. The van der Waals surface area contributed by atoms with Crippen LogP contribution in [0.4, 0.5) is 17.5 Å². The van der Waals surface area contributed by atoms with Crippen LogP contribution in [0.15, 0.2) is 30.3 Å². The van der Waals surface area contributed by atoms with Crippen molar-refractivity contribution in [1.82, 2.24) is 9.97 Å². The van der Waals surface area contributed by atoms with E-state index in [1.807, 2.05) is 30.3 Å². The maximum atomic E-state index is 13.0. The standard InChI is InChI=1S/C21H24N6O/c22-13-16-12-19-25-20(28)17-8-1-2-9-18(17)27-11-5-7-15(14-27)6-3-4-10-23-21(24-16)26-19/h1-2,8-9,12,15H,3-7,10-11,14H2,(H2,23,24,25,26,28). The van der Waals surface area contributed by atoms with Crippen LogP contribution in [-0.2, 0) is 0 Å². The van der Waals surface area contributed by atoms with Crippen LogP contribution in [0.1, 0.15) is 48.2 Å². The molecule has 1 unspecified atom stereocenters. The fourth-order valence-electron chi connectivity index (χ4n) is 4.05. The van der Waals surface area contributed by atoms with Crippen molar-refractivity contribution in [1.29, 1.82) is 5.26 Å². The molecule has 28 heavy (non-hydrogen) atoms. The van der Waals surface area contributed by atoms with Gasteiger partial charge in [0, 0.05) is 31.4 Å². The Kier molecular flexibility index (Phi) is 5.38. The van der Waals surface area contributed by atoms with E-state index in [1.165, 1.54) is 18.9 Å². The van der Waals surface area contributed by atoms with Gasteiger partial charge in [0.25, 0.3) is 5.91 Å². The molecule has 2 aromatic rings. The molecule has 1 amide bonds. The second kappa shape index (κ2) is 8.26. The zero-order chi connectivity index (χ0) is 19.3. The molecule has 7 heteroatoms. The van der Waals surface area contributed by atoms with Gasteiger partial charge in [-0.3, -0.25) is 4.79 Å². The van der Waals surface area contributed by atoms with E-state index in [-0.39, 0.29) is 11.6 Å². The van der Waals surface area contributed by atoms with Gasteiger partial charge in [-0.2, -0.15) is 10.2 Å². The maximum absolute atomic E-state index is 13.0. The van der Waals surface area contributed by atoms with Crippen LogP contribution in [0, 0.1) is 17.2 Å². The van der Waals surface area contributed by atoms with E-state index >= 15 is 0 Å². The second-order valence-electron chi connectivity index (χ2n) is 7.42. The lowest BCUT2D eigenvalue weighted by Crippen LogP contribution is -2.36. The molecule has 1 saturated heterocycles. The number of para-hydroxylation sites is 1. The van der Waals surface area contributed by atoms with Crippen molar-refractivity contribution in [2.45, 2.75) is 32.1 Å². The lowest BCUT2D eigenvalue weighted by Gasteiger charge is -2.35. The summed E-state index contributed by atoms with van der Waals surface area (Å²) in [5.74, 6) is 1.14. The number of aromatic nitrogens is 2. The topological polar surface area (TPSA) is 93.9 Å². The highest BCUT2D eigenvalue weighted by Crippen LogP contribution is 2.29. The molecule has 4 bridgehead atoms. The van der Waals surface area contributed by atoms with Crippen LogP contribution in [0.2, 0.25) is 0 Å². The van der Waals surface area contributed by atoms with Crippen molar-refractivity contribution < 1.29 is 4.79 Å². The van der Waals surface area contributed by atoms with E-state index in [2.05, 4.69) is 25.5 Å². The molecule has 3 heterocycles. The van der Waals surface area contributed by atoms with Gasteiger partial charge in [0.15, 0.2) is 0 Å². The summed E-state index contributed by atoms with van der Waals surface area (Å²) in [6, 6.07) is 11.3. The van der Waals surface area contributed by atoms with E-state index in [0.29, 0.717) is 23.2 Å². The third kappa shape index (κ3) is 4.06. The predicted octanol–water partition coefficient (Wildman–Crippen LogP) is 3.41. The van der Waals surface area contributed by atoms with Crippen molar-refractivity contribution in [3.8, 4) is 6.07 Å². The number of fused-ring (bicyclic) bond motifs is 6. The highest BCUT2D eigenvalue weighted by molar-refractivity contribution is 6.07. The summed E-state index contributed by atoms with van der Waals surface area (Å²) in [6.45, 7) is 2.71. The monoisotopic (exact) mass is 376 g/mol. The molecule has 4 rings (SSSR count). The zero-order valence-electron chi connectivity index (χ0n) is 15.8. The molecule has 7 nitrogen and oxygen atoms in total. The molecule has 1 atom stereocenters. The van der Waals surface area contributed by atoms with Gasteiger partial charge in [0.2, 0.25) is 5.95 Å². The first kappa shape index (κ1) is 18.2. The van der Waals surface area contributed by atoms with Crippen molar-refractivity contribution in [3.05, 3.63) is 41.6 Å². The Balaban J connectivity index is 1.70. The highest BCUT2D eigenvalue weighted by Gasteiger charge is 2.24. The minimum atomic E-state index is -0.221. The van der Waals surface area contributed by atoms with E-state index in [4.69, 9.17) is 0 Å². The van der Waals surface area contributed by atoms with E-state index in [9.17, 15) is 10.1 Å². The highest BCUT2D eigenvalue weighted by atomic mass is 16.1. The van der Waals surface area contributed by atoms with Gasteiger partial charge in [-0.25, -0.2) is 4.98 Å². The number of carbonyl (C=O) groups excluding carboxylic acids is 1. The third-order valence-electron chi connectivity index (χ3n) is 5.41. The van der Waals surface area contributed by atoms with Crippen molar-refractivity contribution in [3.63, 3.8) is 0 Å². The van der Waals surface area contributed by atoms with Crippen LogP contribution in [0.25, 0.3) is 0 Å². The molecule has 2 aliphatic heterocycles. The van der Waals surface area contributed by atoms with Gasteiger partial charge in [-0.15, -0.1) is 0 Å². The second-order valence-corrected chi connectivity index (χ2v) is 7.42. The van der Waals surface area contributed by atoms with Gasteiger partial charge in [-0.05, 0) is 43.7 Å². The van der Waals surface area contributed by atoms with E-state index < -0.39 is 0 Å². The van der Waals surface area contributed by atoms with Crippen LogP contribution < -0.4 is 15.5 Å². The molecule has 1 aromatic heterocycles. The van der Waals surface area contributed by atoms with Crippen LogP contribution in [-0.4, -0.2) is 35.5 Å². The number of hydrogen-bond donors (Lipinski definition) is 2. The first-order valence-electron chi connectivity index (χ1n) is 9.91. The summed E-state index contributed by atoms with van der Waals surface area (Å²) in [6.07, 6.45) is 5.73. The Morgan fingerprint density at radius 1 is 1.14 bits per heavy atom. The lowest BCUT2D eigenvalue weighted by molar-refractivity contribution is 0.102. The normalized spacial score (nSPS) is 19.9. The number of nitriles is 1. The number of nitrogens with one attached hydrogen (secondary N) is 2. The minimum Gasteiger partial charge on any atom is -0.371 e. The fourth-order valence-corrected chi connectivity index (χ4v) is 4.05. The number of amides is 1. The number of rotatable bonds is 0. The summed E-state index contributed by atoms with van der Waals surface area (Å²) in [5, 5.41) is 15.3. The van der Waals surface area contributed by atoms with Crippen LogP contribution >= 0.6 is 0 Å². The Morgan fingerprint density at radius 3 is 2.89 bits per heavy atom. The summed E-state index contributed by atoms with van der Waals surface area (Å²) < 4.78 is 0. The number of anilines is 3. The van der Waals surface area contributed by atoms with Crippen LogP contribution in [0.3, 0.4) is 0 Å². The average Bonchev–Trinajstić information content (AvgIpc) is 2.73. The van der Waals surface area contributed by atoms with Crippen LogP contribution in [0.5, 0.6) is 0 Å². The Hall–Kier alpha value is -3.14. The summed E-state index contributed by atoms with van der Waals surface area (Å²) in [5.41, 5.74) is 1.82. The molecule has 1 fully saturated rings. The van der Waals surface area contributed by atoms with Crippen molar-refractivity contribution >= 4 is 23.4 Å². The number of piperidine rings is 1. The maximum Gasteiger partial charge on any atom is 0.258 e. The molecule has 0 saturated carbocycles. The molecule has 0 radical (unpaired) electrons. The molecule has 0 spiro atoms. The first-order valence-corrected chi connectivity index (χ1v) is 9.91. The van der Waals surface area contributed by atoms with Gasteiger partial charge < -0.3 is 15.5 Å². The molecule has 2 N–H and O–H groups in total. The van der Waals surface area contributed by atoms with Gasteiger partial charge in [0.1, 0.15) is 17.6 Å². The number of carbonyl (C=O) groups is 1. The minimum absolute atomic E-state index is 0.221. The van der Waals surface area contributed by atoms with Gasteiger partial charge in [-0.1, -0.05) is 18.6 Å². The zero-order valence-corrected chi connectivity index (χ0v) is 15.8. The number of benzene rings is 1. The molecule has 0 aliphatic carbocycles. The molecule has 2 aliphatic rings. The van der Waals surface area contributed by atoms with E-state index in [1.54, 1.807) is 0 Å². The van der Waals surface area contributed by atoms with Crippen molar-refractivity contribution in [2.75, 3.05) is 35.2 Å². The van der Waals surface area contributed by atoms with Gasteiger partial charge in [0.05, 0.1) is 5.56 Å². The third-order valence-corrected chi connectivity index (χ3v) is 5.41. The van der Waals surface area contributed by atoms with Gasteiger partial charge >= 0.3 is 0 Å². The molecule has 1 aromatic carbocycles. The predicted molar refractivity (Wildman–Crippen MR) is 108 cm³/mol. The fraction of sp³-hybridized carbons (Fsp3) is 0.429. The summed E-state index contributed by atoms with van der Waals surface area (Å²) in [7, 11) is 0. The molecular weight excluding hydrogens is 352 g/mol. The Morgan fingerprint density at radius 2 is 2.00 bits per heavy atom. The van der Waals surface area contributed by atoms with Crippen molar-refractivity contribution in [2.24, 2.45) is 5.92 Å².